The van der Waals surface area contributed by atoms with Crippen molar-refractivity contribution in [3.63, 3.8) is 0 Å². The summed E-state index contributed by atoms with van der Waals surface area (Å²) in [5.41, 5.74) is 7.86. The standard InChI is InChI=1S/C24H19N4O.Ir/c1-15-12-19(18-8-5-4-6-9-18)13-16(2)22(15)28-24(25-14-26-28)20-10-7-11-21-23(20)29-17(3)27-21;/h4-9,11-14H,1-3H3;/q-1;. The van der Waals surface area contributed by atoms with Crippen molar-refractivity contribution in [2.45, 2.75) is 20.8 Å². The van der Waals surface area contributed by atoms with Gasteiger partial charge in [0.25, 0.3) is 0 Å². The quantitative estimate of drug-likeness (QED) is 0.270. The molecule has 3 aromatic carbocycles. The van der Waals surface area contributed by atoms with E-state index in [4.69, 9.17) is 4.42 Å². The summed E-state index contributed by atoms with van der Waals surface area (Å²) in [5.74, 6) is 1.30. The molecule has 0 aliphatic rings. The van der Waals surface area contributed by atoms with E-state index in [1.54, 1.807) is 6.33 Å². The van der Waals surface area contributed by atoms with Gasteiger partial charge in [0, 0.05) is 32.5 Å². The van der Waals surface area contributed by atoms with Crippen LogP contribution in [-0.2, 0) is 20.1 Å². The second-order valence-electron chi connectivity index (χ2n) is 7.12. The van der Waals surface area contributed by atoms with E-state index in [0.717, 1.165) is 27.9 Å². The molecule has 2 aromatic heterocycles. The summed E-state index contributed by atoms with van der Waals surface area (Å²) in [6, 6.07) is 21.7. The average molecular weight is 572 g/mol. The van der Waals surface area contributed by atoms with Gasteiger partial charge in [-0.2, -0.15) is 5.10 Å². The molecule has 2 heterocycles. The summed E-state index contributed by atoms with van der Waals surface area (Å²) in [4.78, 5) is 8.94. The summed E-state index contributed by atoms with van der Waals surface area (Å²) >= 11 is 0. The molecule has 0 fully saturated rings. The molecule has 6 heteroatoms. The normalized spacial score (nSPS) is 10.9. The van der Waals surface area contributed by atoms with E-state index in [-0.39, 0.29) is 20.1 Å². The van der Waals surface area contributed by atoms with Crippen molar-refractivity contribution in [3.8, 4) is 28.2 Å². The number of oxazole rings is 1. The van der Waals surface area contributed by atoms with Crippen LogP contribution in [-0.4, -0.2) is 19.7 Å². The first-order chi connectivity index (χ1) is 14.1. The molecule has 1 radical (unpaired) electrons. The molecule has 0 spiro atoms. The van der Waals surface area contributed by atoms with Crippen LogP contribution in [0.25, 0.3) is 39.3 Å². The number of aryl methyl sites for hydroxylation is 3. The zero-order valence-electron chi connectivity index (χ0n) is 16.8. The first kappa shape index (κ1) is 20.2. The van der Waals surface area contributed by atoms with Gasteiger partial charge in [0.05, 0.1) is 17.1 Å². The van der Waals surface area contributed by atoms with Gasteiger partial charge in [-0.1, -0.05) is 35.9 Å². The summed E-state index contributed by atoms with van der Waals surface area (Å²) < 4.78 is 7.69. The maximum absolute atomic E-state index is 5.83. The first-order valence-electron chi connectivity index (χ1n) is 9.47. The Morgan fingerprint density at radius 1 is 0.933 bits per heavy atom. The van der Waals surface area contributed by atoms with Crippen LogP contribution in [0.3, 0.4) is 0 Å². The number of benzene rings is 3. The third-order valence-electron chi connectivity index (χ3n) is 5.04. The molecule has 0 atom stereocenters. The molecule has 0 amide bonds. The van der Waals surface area contributed by atoms with Crippen LogP contribution in [0.15, 0.2) is 65.3 Å². The van der Waals surface area contributed by atoms with E-state index >= 15 is 0 Å². The maximum atomic E-state index is 5.83. The predicted molar refractivity (Wildman–Crippen MR) is 113 cm³/mol. The van der Waals surface area contributed by atoms with Crippen molar-refractivity contribution in [1.29, 1.82) is 0 Å². The number of rotatable bonds is 3. The minimum absolute atomic E-state index is 0. The fourth-order valence-electron chi connectivity index (χ4n) is 3.83. The summed E-state index contributed by atoms with van der Waals surface area (Å²) in [6.07, 6.45) is 1.56. The fraction of sp³-hybridized carbons (Fsp3) is 0.125. The molecule has 5 aromatic rings. The number of nitrogens with zero attached hydrogens (tertiary/aromatic N) is 4. The Balaban J connectivity index is 0.00000218. The third-order valence-corrected chi connectivity index (χ3v) is 5.04. The van der Waals surface area contributed by atoms with Crippen LogP contribution in [0.2, 0.25) is 0 Å². The van der Waals surface area contributed by atoms with E-state index in [0.29, 0.717) is 17.3 Å². The molecule has 0 N–H and O–H groups in total. The van der Waals surface area contributed by atoms with E-state index < -0.39 is 0 Å². The molecule has 0 saturated carbocycles. The molecular formula is C24H19IrN4O-. The Hall–Kier alpha value is -3.08. The summed E-state index contributed by atoms with van der Waals surface area (Å²) in [7, 11) is 0. The van der Waals surface area contributed by atoms with Crippen LogP contribution in [0, 0.1) is 26.8 Å². The summed E-state index contributed by atoms with van der Waals surface area (Å²) in [6.45, 7) is 6.04. The minimum Gasteiger partial charge on any atom is -0.488 e. The Morgan fingerprint density at radius 2 is 1.67 bits per heavy atom. The number of hydrogen-bond acceptors (Lipinski definition) is 4. The van der Waals surface area contributed by atoms with Gasteiger partial charge in [-0.15, -0.1) is 18.2 Å². The molecular weight excluding hydrogens is 553 g/mol. The second kappa shape index (κ2) is 7.98. The zero-order valence-corrected chi connectivity index (χ0v) is 19.2. The molecule has 30 heavy (non-hydrogen) atoms. The Kier molecular flexibility index (Phi) is 5.37. The molecule has 0 saturated heterocycles. The van der Waals surface area contributed by atoms with Crippen LogP contribution in [0.5, 0.6) is 0 Å². The molecule has 5 nitrogen and oxygen atoms in total. The maximum Gasteiger partial charge on any atom is 0.180 e. The van der Waals surface area contributed by atoms with E-state index in [2.05, 4.69) is 71.4 Å². The Morgan fingerprint density at radius 3 is 2.40 bits per heavy atom. The van der Waals surface area contributed by atoms with Gasteiger partial charge in [-0.05, 0) is 48.2 Å². The molecule has 151 valence electrons. The molecule has 0 unspecified atom stereocenters. The SMILES string of the molecule is Cc1nc2cc[c-]c(-c3ncnn3-c3c(C)cc(-c4ccccc4)cc3C)c2o1.[Ir]. The third kappa shape index (κ3) is 3.38. The average Bonchev–Trinajstić information content (AvgIpc) is 3.33. The van der Waals surface area contributed by atoms with Crippen molar-refractivity contribution in [1.82, 2.24) is 19.7 Å². The van der Waals surface area contributed by atoms with Gasteiger partial charge in [-0.25, -0.2) is 4.98 Å². The second-order valence-corrected chi connectivity index (χ2v) is 7.12. The Bertz CT molecular complexity index is 1320. The van der Waals surface area contributed by atoms with Crippen molar-refractivity contribution in [2.75, 3.05) is 0 Å². The van der Waals surface area contributed by atoms with Crippen molar-refractivity contribution in [2.24, 2.45) is 0 Å². The van der Waals surface area contributed by atoms with Crippen LogP contribution in [0.4, 0.5) is 0 Å². The van der Waals surface area contributed by atoms with Gasteiger partial charge in [0.2, 0.25) is 0 Å². The number of aromatic nitrogens is 4. The monoisotopic (exact) mass is 572 g/mol. The number of fused-ring (bicyclic) bond motifs is 1. The zero-order chi connectivity index (χ0) is 20.0. The fourth-order valence-corrected chi connectivity index (χ4v) is 3.83. The van der Waals surface area contributed by atoms with E-state index in [1.807, 2.05) is 29.8 Å². The minimum atomic E-state index is 0. The smallest absolute Gasteiger partial charge is 0.180 e. The van der Waals surface area contributed by atoms with Crippen molar-refractivity contribution >= 4 is 11.1 Å². The number of hydrogen-bond donors (Lipinski definition) is 0. The van der Waals surface area contributed by atoms with E-state index in [9.17, 15) is 0 Å². The predicted octanol–water partition coefficient (Wildman–Crippen LogP) is 5.47. The van der Waals surface area contributed by atoms with Gasteiger partial charge < -0.3 is 4.42 Å². The Labute approximate surface area is 188 Å². The van der Waals surface area contributed by atoms with Gasteiger partial charge in [-0.3, -0.25) is 9.67 Å². The molecule has 0 bridgehead atoms. The van der Waals surface area contributed by atoms with Gasteiger partial charge in [0.15, 0.2) is 5.89 Å². The van der Waals surface area contributed by atoms with Crippen molar-refractivity contribution in [3.05, 3.63) is 84.0 Å². The van der Waals surface area contributed by atoms with Crippen LogP contribution >= 0.6 is 0 Å². The van der Waals surface area contributed by atoms with Crippen molar-refractivity contribution < 1.29 is 24.5 Å². The van der Waals surface area contributed by atoms with Gasteiger partial charge in [0.1, 0.15) is 6.33 Å². The van der Waals surface area contributed by atoms with Gasteiger partial charge >= 0.3 is 0 Å². The largest absolute Gasteiger partial charge is 0.488 e. The van der Waals surface area contributed by atoms with E-state index in [1.165, 1.54) is 11.1 Å². The molecule has 0 aliphatic carbocycles. The first-order valence-corrected chi connectivity index (χ1v) is 9.47. The molecule has 0 aliphatic heterocycles. The van der Waals surface area contributed by atoms with Crippen LogP contribution in [0.1, 0.15) is 17.0 Å². The van der Waals surface area contributed by atoms with Crippen LogP contribution < -0.4 is 0 Å². The summed E-state index contributed by atoms with van der Waals surface area (Å²) in [5, 5.41) is 4.52. The topological polar surface area (TPSA) is 56.7 Å². The molecule has 5 rings (SSSR count).